The average molecular weight is 288 g/mol. The number of aromatic nitrogens is 1. The van der Waals surface area contributed by atoms with Crippen LogP contribution in [0.2, 0.25) is 0 Å². The van der Waals surface area contributed by atoms with Crippen molar-refractivity contribution < 1.29 is 14.5 Å². The Morgan fingerprint density at radius 3 is 2.38 bits per heavy atom. The van der Waals surface area contributed by atoms with Crippen molar-refractivity contribution >= 4 is 11.7 Å². The molecule has 110 valence electrons. The normalized spacial score (nSPS) is 10.4. The molecule has 0 aliphatic carbocycles. The second-order valence-corrected chi connectivity index (χ2v) is 5.02. The number of hydrogen-bond acceptors (Lipinski definition) is 4. The van der Waals surface area contributed by atoms with Gasteiger partial charge in [0.1, 0.15) is 12.3 Å². The van der Waals surface area contributed by atoms with Crippen LogP contribution >= 0.6 is 0 Å². The maximum atomic E-state index is 12.0. The third-order valence-electron chi connectivity index (χ3n) is 3.06. The highest BCUT2D eigenvalue weighted by Gasteiger charge is 2.18. The molecule has 0 bridgehead atoms. The van der Waals surface area contributed by atoms with Crippen molar-refractivity contribution in [3.05, 3.63) is 63.0 Å². The van der Waals surface area contributed by atoms with Crippen molar-refractivity contribution in [2.75, 3.05) is 0 Å². The summed E-state index contributed by atoms with van der Waals surface area (Å²) in [5.74, 6) is -0.579. The molecule has 0 fully saturated rings. The lowest BCUT2D eigenvalue weighted by molar-refractivity contribution is -0.384. The van der Waals surface area contributed by atoms with E-state index in [1.54, 1.807) is 7.05 Å². The summed E-state index contributed by atoms with van der Waals surface area (Å²) in [7, 11) is 1.57. The molecule has 6 heteroatoms. The number of hydrogen-bond donors (Lipinski definition) is 0. The Morgan fingerprint density at radius 2 is 1.86 bits per heavy atom. The van der Waals surface area contributed by atoms with Gasteiger partial charge in [-0.25, -0.2) is 4.79 Å². The summed E-state index contributed by atoms with van der Waals surface area (Å²) in [4.78, 5) is 22.1. The van der Waals surface area contributed by atoms with E-state index in [9.17, 15) is 14.9 Å². The number of nitro groups is 1. The number of ether oxygens (including phenoxy) is 1. The quantitative estimate of drug-likeness (QED) is 0.492. The fourth-order valence-electron chi connectivity index (χ4n) is 2.23. The second-order valence-electron chi connectivity index (χ2n) is 5.02. The van der Waals surface area contributed by atoms with E-state index in [1.165, 1.54) is 16.8 Å². The first kappa shape index (κ1) is 14.8. The highest BCUT2D eigenvalue weighted by molar-refractivity contribution is 5.88. The zero-order chi connectivity index (χ0) is 15.6. The zero-order valence-electron chi connectivity index (χ0n) is 12.1. The van der Waals surface area contributed by atoms with E-state index < -0.39 is 10.9 Å². The predicted molar refractivity (Wildman–Crippen MR) is 77.1 cm³/mol. The number of carbonyl (C=O) groups excluding carboxylic acids is 1. The maximum absolute atomic E-state index is 12.0. The number of aryl methyl sites for hydroxylation is 3. The summed E-state index contributed by atoms with van der Waals surface area (Å²) in [5.41, 5.74) is 3.11. The van der Waals surface area contributed by atoms with Gasteiger partial charge in [-0.3, -0.25) is 10.1 Å². The smallest absolute Gasteiger partial charge is 0.355 e. The lowest BCUT2D eigenvalue weighted by atomic mass is 10.1. The molecule has 1 aromatic carbocycles. The van der Waals surface area contributed by atoms with E-state index in [1.807, 2.05) is 32.0 Å². The Hall–Kier alpha value is -2.63. The van der Waals surface area contributed by atoms with Crippen LogP contribution in [0.1, 0.15) is 27.2 Å². The summed E-state index contributed by atoms with van der Waals surface area (Å²) in [6, 6.07) is 7.12. The molecule has 6 nitrogen and oxygen atoms in total. The zero-order valence-corrected chi connectivity index (χ0v) is 12.1. The molecular weight excluding hydrogens is 272 g/mol. The van der Waals surface area contributed by atoms with Crippen molar-refractivity contribution in [1.29, 1.82) is 0 Å². The fraction of sp³-hybridized carbons (Fsp3) is 0.267. The van der Waals surface area contributed by atoms with Crippen molar-refractivity contribution in [1.82, 2.24) is 4.57 Å². The Kier molecular flexibility index (Phi) is 4.07. The summed E-state index contributed by atoms with van der Waals surface area (Å²) >= 11 is 0. The van der Waals surface area contributed by atoms with Gasteiger partial charge in [0, 0.05) is 13.1 Å². The summed E-state index contributed by atoms with van der Waals surface area (Å²) in [5, 5.41) is 10.7. The molecule has 1 heterocycles. The van der Waals surface area contributed by atoms with E-state index in [4.69, 9.17) is 4.74 Å². The van der Waals surface area contributed by atoms with Crippen LogP contribution in [0.5, 0.6) is 0 Å². The first-order valence-corrected chi connectivity index (χ1v) is 6.42. The van der Waals surface area contributed by atoms with Crippen LogP contribution in [0, 0.1) is 24.0 Å². The maximum Gasteiger partial charge on any atom is 0.355 e. The highest BCUT2D eigenvalue weighted by Crippen LogP contribution is 2.17. The SMILES string of the molecule is Cc1cc(C)cc(COC(=O)c2cc([N+](=O)[O-])cn2C)c1. The standard InChI is InChI=1S/C15H16N2O4/c1-10-4-11(2)6-12(5-10)9-21-15(18)14-7-13(17(19)20)8-16(14)3/h4-8H,9H2,1-3H3. The number of carbonyl (C=O) groups is 1. The summed E-state index contributed by atoms with van der Waals surface area (Å²) in [6.45, 7) is 4.08. The lowest BCUT2D eigenvalue weighted by Crippen LogP contribution is -2.09. The average Bonchev–Trinajstić information content (AvgIpc) is 2.77. The van der Waals surface area contributed by atoms with Gasteiger partial charge in [-0.2, -0.15) is 0 Å². The summed E-state index contributed by atoms with van der Waals surface area (Å²) in [6.07, 6.45) is 1.29. The topological polar surface area (TPSA) is 74.4 Å². The molecule has 0 aliphatic heterocycles. The van der Waals surface area contributed by atoms with Gasteiger partial charge >= 0.3 is 5.97 Å². The molecule has 21 heavy (non-hydrogen) atoms. The third-order valence-corrected chi connectivity index (χ3v) is 3.06. The van der Waals surface area contributed by atoms with Crippen LogP contribution in [-0.4, -0.2) is 15.5 Å². The molecule has 1 aromatic heterocycles. The molecule has 0 amide bonds. The van der Waals surface area contributed by atoms with E-state index >= 15 is 0 Å². The lowest BCUT2D eigenvalue weighted by Gasteiger charge is -2.07. The predicted octanol–water partition coefficient (Wildman–Crippen LogP) is 2.91. The minimum Gasteiger partial charge on any atom is -0.456 e. The van der Waals surface area contributed by atoms with Gasteiger partial charge in [-0.15, -0.1) is 0 Å². The van der Waals surface area contributed by atoms with Gasteiger partial charge in [0.15, 0.2) is 0 Å². The molecule has 2 rings (SSSR count). The number of esters is 1. The molecule has 0 N–H and O–H groups in total. The van der Waals surface area contributed by atoms with Crippen LogP contribution in [0.25, 0.3) is 0 Å². The molecule has 0 unspecified atom stereocenters. The Balaban J connectivity index is 2.09. The van der Waals surface area contributed by atoms with Gasteiger partial charge in [0.05, 0.1) is 11.1 Å². The Labute approximate surface area is 122 Å². The van der Waals surface area contributed by atoms with Crippen LogP contribution in [0.3, 0.4) is 0 Å². The monoisotopic (exact) mass is 288 g/mol. The fourth-order valence-corrected chi connectivity index (χ4v) is 2.23. The van der Waals surface area contributed by atoms with Gasteiger partial charge < -0.3 is 9.30 Å². The first-order chi connectivity index (χ1) is 9.86. The van der Waals surface area contributed by atoms with E-state index in [-0.39, 0.29) is 18.0 Å². The number of rotatable bonds is 4. The van der Waals surface area contributed by atoms with Crippen molar-refractivity contribution in [3.63, 3.8) is 0 Å². The van der Waals surface area contributed by atoms with Crippen LogP contribution in [-0.2, 0) is 18.4 Å². The van der Waals surface area contributed by atoms with Crippen molar-refractivity contribution in [2.24, 2.45) is 7.05 Å². The molecule has 2 aromatic rings. The van der Waals surface area contributed by atoms with Gasteiger partial charge in [0.2, 0.25) is 0 Å². The minimum absolute atomic E-state index is 0.129. The molecule has 0 atom stereocenters. The van der Waals surface area contributed by atoms with E-state index in [0.29, 0.717) is 0 Å². The van der Waals surface area contributed by atoms with E-state index in [0.717, 1.165) is 16.7 Å². The van der Waals surface area contributed by atoms with E-state index in [2.05, 4.69) is 0 Å². The molecular formula is C15H16N2O4. The van der Waals surface area contributed by atoms with Crippen LogP contribution in [0.4, 0.5) is 5.69 Å². The van der Waals surface area contributed by atoms with Gasteiger partial charge in [0.25, 0.3) is 5.69 Å². The Morgan fingerprint density at radius 1 is 1.24 bits per heavy atom. The first-order valence-electron chi connectivity index (χ1n) is 6.42. The van der Waals surface area contributed by atoms with Crippen LogP contribution < -0.4 is 0 Å². The van der Waals surface area contributed by atoms with Gasteiger partial charge in [-0.1, -0.05) is 29.3 Å². The minimum atomic E-state index is -0.579. The molecule has 0 radical (unpaired) electrons. The third kappa shape index (κ3) is 3.47. The van der Waals surface area contributed by atoms with Gasteiger partial charge in [-0.05, 0) is 19.4 Å². The number of benzene rings is 1. The Bertz CT molecular complexity index is 683. The molecule has 0 aliphatic rings. The summed E-state index contributed by atoms with van der Waals surface area (Å²) < 4.78 is 6.61. The highest BCUT2D eigenvalue weighted by atomic mass is 16.6. The largest absolute Gasteiger partial charge is 0.456 e. The number of nitrogens with zero attached hydrogens (tertiary/aromatic N) is 2. The van der Waals surface area contributed by atoms with Crippen molar-refractivity contribution in [2.45, 2.75) is 20.5 Å². The second kappa shape index (κ2) is 5.78. The molecule has 0 spiro atoms. The molecule has 0 saturated carbocycles. The van der Waals surface area contributed by atoms with Crippen molar-refractivity contribution in [3.8, 4) is 0 Å². The molecule has 0 saturated heterocycles. The van der Waals surface area contributed by atoms with Crippen LogP contribution in [0.15, 0.2) is 30.5 Å².